The van der Waals surface area contributed by atoms with Gasteiger partial charge in [0.1, 0.15) is 5.82 Å². The summed E-state index contributed by atoms with van der Waals surface area (Å²) in [6, 6.07) is 1.43. The van der Waals surface area contributed by atoms with Gasteiger partial charge in [0.15, 0.2) is 0 Å². The molecule has 0 aliphatic carbocycles. The molecule has 1 atom stereocenters. The van der Waals surface area contributed by atoms with Crippen LogP contribution in [0.15, 0.2) is 12.3 Å². The number of pyridine rings is 1. The van der Waals surface area contributed by atoms with E-state index < -0.39 is 5.97 Å². The molecule has 0 saturated carbocycles. The lowest BCUT2D eigenvalue weighted by molar-refractivity contribution is 0.0696. The van der Waals surface area contributed by atoms with Gasteiger partial charge in [0.25, 0.3) is 0 Å². The Morgan fingerprint density at radius 2 is 2.44 bits per heavy atom. The fourth-order valence-electron chi connectivity index (χ4n) is 2.10. The molecule has 0 aromatic carbocycles. The Morgan fingerprint density at radius 1 is 1.67 bits per heavy atom. The second kappa shape index (κ2) is 5.54. The number of rotatable bonds is 3. The van der Waals surface area contributed by atoms with E-state index in [9.17, 15) is 4.79 Å². The van der Waals surface area contributed by atoms with Crippen molar-refractivity contribution in [2.75, 3.05) is 25.1 Å². The van der Waals surface area contributed by atoms with Gasteiger partial charge in [-0.3, -0.25) is 0 Å². The highest BCUT2D eigenvalue weighted by Crippen LogP contribution is 2.27. The first-order valence-electron chi connectivity index (χ1n) is 5.78. The van der Waals surface area contributed by atoms with E-state index in [1.54, 1.807) is 7.11 Å². The summed E-state index contributed by atoms with van der Waals surface area (Å²) in [7, 11) is 1.69. The normalized spacial score (nSPS) is 19.9. The Kier molecular flexibility index (Phi) is 4.04. The topological polar surface area (TPSA) is 62.7 Å². The van der Waals surface area contributed by atoms with Crippen LogP contribution < -0.4 is 4.90 Å². The van der Waals surface area contributed by atoms with Crippen LogP contribution in [0.3, 0.4) is 0 Å². The van der Waals surface area contributed by atoms with Gasteiger partial charge in [0.05, 0.1) is 16.7 Å². The first-order valence-corrected chi connectivity index (χ1v) is 6.16. The third-order valence-electron chi connectivity index (χ3n) is 3.08. The van der Waals surface area contributed by atoms with Crippen molar-refractivity contribution in [3.8, 4) is 0 Å². The summed E-state index contributed by atoms with van der Waals surface area (Å²) >= 11 is 6.09. The van der Waals surface area contributed by atoms with E-state index in [2.05, 4.69) is 4.98 Å². The molecule has 0 bridgehead atoms. The van der Waals surface area contributed by atoms with Gasteiger partial charge in [-0.05, 0) is 18.9 Å². The van der Waals surface area contributed by atoms with Gasteiger partial charge in [-0.15, -0.1) is 0 Å². The van der Waals surface area contributed by atoms with Crippen molar-refractivity contribution in [1.82, 2.24) is 4.98 Å². The first kappa shape index (κ1) is 13.1. The second-order valence-corrected chi connectivity index (χ2v) is 4.69. The zero-order chi connectivity index (χ0) is 13.1. The number of anilines is 1. The van der Waals surface area contributed by atoms with Crippen molar-refractivity contribution in [3.05, 3.63) is 22.8 Å². The highest BCUT2D eigenvalue weighted by molar-refractivity contribution is 6.33. The van der Waals surface area contributed by atoms with E-state index in [-0.39, 0.29) is 11.7 Å². The Morgan fingerprint density at radius 3 is 3.06 bits per heavy atom. The quantitative estimate of drug-likeness (QED) is 0.911. The molecule has 0 radical (unpaired) electrons. The fraction of sp³-hybridized carbons (Fsp3) is 0.500. The summed E-state index contributed by atoms with van der Waals surface area (Å²) in [5, 5.41) is 9.23. The summed E-state index contributed by atoms with van der Waals surface area (Å²) in [4.78, 5) is 17.0. The lowest BCUT2D eigenvalue weighted by atomic mass is 10.1. The summed E-state index contributed by atoms with van der Waals surface area (Å²) in [5.41, 5.74) is 0.101. The number of halogens is 1. The minimum atomic E-state index is -1.02. The van der Waals surface area contributed by atoms with E-state index in [4.69, 9.17) is 21.4 Å². The molecule has 18 heavy (non-hydrogen) atoms. The number of nitrogens with zero attached hydrogens (tertiary/aromatic N) is 2. The van der Waals surface area contributed by atoms with Crippen molar-refractivity contribution in [3.63, 3.8) is 0 Å². The van der Waals surface area contributed by atoms with Gasteiger partial charge in [-0.2, -0.15) is 0 Å². The average molecular weight is 271 g/mol. The highest BCUT2D eigenvalue weighted by Gasteiger charge is 2.22. The molecule has 1 unspecified atom stereocenters. The van der Waals surface area contributed by atoms with Crippen LogP contribution in [-0.2, 0) is 4.74 Å². The van der Waals surface area contributed by atoms with Gasteiger partial charge in [0.2, 0.25) is 0 Å². The summed E-state index contributed by atoms with van der Waals surface area (Å²) < 4.78 is 5.34. The Balaban J connectivity index is 2.20. The molecular weight excluding hydrogens is 256 g/mol. The predicted molar refractivity (Wildman–Crippen MR) is 68.5 cm³/mol. The van der Waals surface area contributed by atoms with Crippen LogP contribution in [-0.4, -0.2) is 42.4 Å². The molecule has 0 amide bonds. The zero-order valence-corrected chi connectivity index (χ0v) is 10.9. The van der Waals surface area contributed by atoms with Crippen LogP contribution >= 0.6 is 11.6 Å². The van der Waals surface area contributed by atoms with Gasteiger partial charge >= 0.3 is 5.97 Å². The van der Waals surface area contributed by atoms with Crippen LogP contribution in [0.4, 0.5) is 5.82 Å². The van der Waals surface area contributed by atoms with Crippen molar-refractivity contribution < 1.29 is 14.6 Å². The average Bonchev–Trinajstić information content (AvgIpc) is 2.38. The Labute approximate surface area is 110 Å². The molecule has 1 fully saturated rings. The Bertz CT molecular complexity index is 453. The molecule has 1 N–H and O–H groups in total. The minimum absolute atomic E-state index is 0.101. The number of aromatic carboxylic acids is 1. The number of aromatic nitrogens is 1. The number of hydrogen-bond acceptors (Lipinski definition) is 4. The molecule has 1 aliphatic heterocycles. The third-order valence-corrected chi connectivity index (χ3v) is 3.36. The SMILES string of the molecule is COC1CCCN(c2ncc(C(=O)O)cc2Cl)C1. The molecule has 1 aromatic heterocycles. The number of carbonyl (C=O) groups is 1. The molecule has 1 saturated heterocycles. The zero-order valence-electron chi connectivity index (χ0n) is 10.1. The number of piperidine rings is 1. The number of methoxy groups -OCH3 is 1. The monoisotopic (exact) mass is 270 g/mol. The number of ether oxygens (including phenoxy) is 1. The molecule has 1 aromatic rings. The summed E-state index contributed by atoms with van der Waals surface area (Å²) in [6.07, 6.45) is 3.55. The van der Waals surface area contributed by atoms with E-state index in [1.807, 2.05) is 4.90 Å². The lowest BCUT2D eigenvalue weighted by Crippen LogP contribution is -2.39. The maximum absolute atomic E-state index is 10.8. The first-order chi connectivity index (χ1) is 8.61. The molecule has 98 valence electrons. The maximum atomic E-state index is 10.8. The smallest absolute Gasteiger partial charge is 0.337 e. The second-order valence-electron chi connectivity index (χ2n) is 4.28. The Hall–Kier alpha value is -1.33. The molecule has 5 nitrogen and oxygen atoms in total. The summed E-state index contributed by atoms with van der Waals surface area (Å²) in [5.74, 6) is -0.396. The van der Waals surface area contributed by atoms with Gasteiger partial charge in [-0.25, -0.2) is 9.78 Å². The van der Waals surface area contributed by atoms with Crippen molar-refractivity contribution in [2.24, 2.45) is 0 Å². The van der Waals surface area contributed by atoms with Crippen LogP contribution in [0.5, 0.6) is 0 Å². The lowest BCUT2D eigenvalue weighted by Gasteiger charge is -2.33. The van der Waals surface area contributed by atoms with E-state index in [0.29, 0.717) is 10.8 Å². The van der Waals surface area contributed by atoms with Crippen LogP contribution in [0.1, 0.15) is 23.2 Å². The fourth-order valence-corrected chi connectivity index (χ4v) is 2.39. The van der Waals surface area contributed by atoms with Crippen molar-refractivity contribution in [1.29, 1.82) is 0 Å². The third kappa shape index (κ3) is 2.73. The largest absolute Gasteiger partial charge is 0.478 e. The summed E-state index contributed by atoms with van der Waals surface area (Å²) in [6.45, 7) is 1.59. The van der Waals surface area contributed by atoms with Crippen molar-refractivity contribution >= 4 is 23.4 Å². The number of hydrogen-bond donors (Lipinski definition) is 1. The van der Waals surface area contributed by atoms with Crippen LogP contribution in [0.25, 0.3) is 0 Å². The van der Waals surface area contributed by atoms with Gasteiger partial charge in [0, 0.05) is 26.4 Å². The molecular formula is C12H15ClN2O3. The molecule has 1 aliphatic rings. The standard InChI is InChI=1S/C12H15ClN2O3/c1-18-9-3-2-4-15(7-9)11-10(13)5-8(6-14-11)12(16)17/h5-6,9H,2-4,7H2,1H3,(H,16,17). The molecule has 6 heteroatoms. The maximum Gasteiger partial charge on any atom is 0.337 e. The van der Waals surface area contributed by atoms with Crippen molar-refractivity contribution in [2.45, 2.75) is 18.9 Å². The van der Waals surface area contributed by atoms with Crippen LogP contribution in [0, 0.1) is 0 Å². The number of carboxylic acids is 1. The molecule has 0 spiro atoms. The van der Waals surface area contributed by atoms with E-state index in [1.165, 1.54) is 12.3 Å². The van der Waals surface area contributed by atoms with Crippen LogP contribution in [0.2, 0.25) is 5.02 Å². The predicted octanol–water partition coefficient (Wildman–Crippen LogP) is 2.05. The molecule has 2 heterocycles. The van der Waals surface area contributed by atoms with Gasteiger partial charge < -0.3 is 14.7 Å². The van der Waals surface area contributed by atoms with E-state index >= 15 is 0 Å². The number of carboxylic acid groups (broad SMARTS) is 1. The van der Waals surface area contributed by atoms with E-state index in [0.717, 1.165) is 25.9 Å². The molecule has 2 rings (SSSR count). The highest BCUT2D eigenvalue weighted by atomic mass is 35.5. The van der Waals surface area contributed by atoms with Gasteiger partial charge in [-0.1, -0.05) is 11.6 Å². The minimum Gasteiger partial charge on any atom is -0.478 e.